The molecule has 1 aromatic heterocycles. The summed E-state index contributed by atoms with van der Waals surface area (Å²) in [5.74, 6) is -1.34. The third-order valence-corrected chi connectivity index (χ3v) is 7.00. The number of ether oxygens (including phenoxy) is 1. The molecule has 0 bridgehead atoms. The molecule has 1 amide bonds. The van der Waals surface area contributed by atoms with Crippen LogP contribution in [0.4, 0.5) is 5.82 Å². The van der Waals surface area contributed by atoms with Crippen LogP contribution in [0.5, 0.6) is 0 Å². The number of sulfonamides is 1. The fourth-order valence-electron chi connectivity index (χ4n) is 3.93. The quantitative estimate of drug-likeness (QED) is 0.577. The third-order valence-electron chi connectivity index (χ3n) is 5.77. The lowest BCUT2D eigenvalue weighted by Gasteiger charge is -2.32. The van der Waals surface area contributed by atoms with Crippen LogP contribution >= 0.6 is 0 Å². The second kappa shape index (κ2) is 10.9. The summed E-state index contributed by atoms with van der Waals surface area (Å²) in [6.07, 6.45) is 0.529. The van der Waals surface area contributed by atoms with Crippen LogP contribution in [0.25, 0.3) is 0 Å². The van der Waals surface area contributed by atoms with E-state index in [4.69, 9.17) is 4.74 Å². The minimum Gasteiger partial charge on any atom is -0.459 e. The van der Waals surface area contributed by atoms with Crippen molar-refractivity contribution in [1.29, 1.82) is 5.26 Å². The molecule has 1 aromatic carbocycles. The number of carbonyl (C=O) groups is 2. The first-order chi connectivity index (χ1) is 16.5. The van der Waals surface area contributed by atoms with Gasteiger partial charge in [-0.05, 0) is 52.2 Å². The molecule has 0 aliphatic carbocycles. The zero-order valence-corrected chi connectivity index (χ0v) is 21.2. The molecule has 0 radical (unpaired) electrons. The monoisotopic (exact) mass is 498 g/mol. The SMILES string of the molecule is Cc1ccc(CS(=O)(=O)NC(=O)C2CCN(c3nc(C)c(C(=O)OC(C)C)cc3C#N)CC2)cc1. The van der Waals surface area contributed by atoms with Crippen molar-refractivity contribution in [2.24, 2.45) is 5.92 Å². The number of benzene rings is 1. The first-order valence-corrected chi connectivity index (χ1v) is 13.1. The number of esters is 1. The highest BCUT2D eigenvalue weighted by Crippen LogP contribution is 2.27. The van der Waals surface area contributed by atoms with E-state index < -0.39 is 27.8 Å². The van der Waals surface area contributed by atoms with E-state index in [1.165, 1.54) is 6.07 Å². The van der Waals surface area contributed by atoms with Crippen LogP contribution in [0, 0.1) is 31.1 Å². The summed E-state index contributed by atoms with van der Waals surface area (Å²) in [7, 11) is -3.81. The molecule has 186 valence electrons. The molecule has 0 atom stereocenters. The molecule has 1 fully saturated rings. The summed E-state index contributed by atoms with van der Waals surface area (Å²) in [4.78, 5) is 31.3. The van der Waals surface area contributed by atoms with Gasteiger partial charge in [0.1, 0.15) is 11.9 Å². The number of hydrogen-bond donors (Lipinski definition) is 1. The van der Waals surface area contributed by atoms with Crippen molar-refractivity contribution in [3.63, 3.8) is 0 Å². The second-order valence-corrected chi connectivity index (χ2v) is 10.8. The van der Waals surface area contributed by atoms with Crippen molar-refractivity contribution >= 4 is 27.7 Å². The Morgan fingerprint density at radius 2 is 1.83 bits per heavy atom. The number of pyridine rings is 1. The van der Waals surface area contributed by atoms with Crippen LogP contribution in [-0.4, -0.2) is 44.5 Å². The molecular formula is C25H30N4O5S. The molecule has 35 heavy (non-hydrogen) atoms. The Kier molecular flexibility index (Phi) is 8.12. The van der Waals surface area contributed by atoms with E-state index in [1.807, 2.05) is 24.0 Å². The van der Waals surface area contributed by atoms with Gasteiger partial charge in [0.25, 0.3) is 0 Å². The van der Waals surface area contributed by atoms with Gasteiger partial charge in [-0.2, -0.15) is 5.26 Å². The standard InChI is InChI=1S/C25H30N4O5S/c1-16(2)34-25(31)22-13-21(14-26)23(27-18(22)4)29-11-9-20(10-12-29)24(30)28-35(32,33)15-19-7-5-17(3)6-8-19/h5-8,13,16,20H,9-12,15H2,1-4H3,(H,28,30). The van der Waals surface area contributed by atoms with Crippen LogP contribution in [0.1, 0.15) is 59.4 Å². The highest BCUT2D eigenvalue weighted by molar-refractivity contribution is 7.89. The number of nitriles is 1. The second-order valence-electron chi connectivity index (χ2n) is 9.03. The number of aryl methyl sites for hydroxylation is 2. The fourth-order valence-corrected chi connectivity index (χ4v) is 5.11. The maximum absolute atomic E-state index is 12.7. The maximum Gasteiger partial charge on any atom is 0.340 e. The summed E-state index contributed by atoms with van der Waals surface area (Å²) in [5, 5.41) is 9.63. The first-order valence-electron chi connectivity index (χ1n) is 11.5. The number of hydrogen-bond acceptors (Lipinski definition) is 8. The van der Waals surface area contributed by atoms with Gasteiger partial charge in [0.2, 0.25) is 15.9 Å². The zero-order valence-electron chi connectivity index (χ0n) is 20.4. The molecule has 1 aliphatic heterocycles. The number of carbonyl (C=O) groups excluding carboxylic acids is 2. The van der Waals surface area contributed by atoms with Crippen molar-refractivity contribution in [2.45, 2.75) is 52.4 Å². The van der Waals surface area contributed by atoms with E-state index in [0.29, 0.717) is 43.0 Å². The minimum atomic E-state index is -3.81. The molecule has 0 unspecified atom stereocenters. The van der Waals surface area contributed by atoms with Crippen molar-refractivity contribution in [3.05, 3.63) is 58.3 Å². The number of piperidine rings is 1. The van der Waals surface area contributed by atoms with Gasteiger partial charge in [0.15, 0.2) is 0 Å². The molecule has 1 aliphatic rings. The lowest BCUT2D eigenvalue weighted by atomic mass is 9.96. The molecule has 9 nitrogen and oxygen atoms in total. The number of aromatic nitrogens is 1. The van der Waals surface area contributed by atoms with E-state index in [0.717, 1.165) is 5.56 Å². The van der Waals surface area contributed by atoms with Gasteiger partial charge >= 0.3 is 5.97 Å². The average molecular weight is 499 g/mol. The molecule has 0 saturated carbocycles. The molecule has 2 heterocycles. The topological polar surface area (TPSA) is 129 Å². The van der Waals surface area contributed by atoms with E-state index in [2.05, 4.69) is 15.8 Å². The highest BCUT2D eigenvalue weighted by Gasteiger charge is 2.30. The normalized spacial score (nSPS) is 14.5. The van der Waals surface area contributed by atoms with Gasteiger partial charge in [-0.1, -0.05) is 29.8 Å². The summed E-state index contributed by atoms with van der Waals surface area (Å²) < 4.78 is 32.4. The lowest BCUT2D eigenvalue weighted by Crippen LogP contribution is -2.43. The van der Waals surface area contributed by atoms with Crippen molar-refractivity contribution < 1.29 is 22.7 Å². The minimum absolute atomic E-state index is 0.243. The van der Waals surface area contributed by atoms with Crippen LogP contribution in [-0.2, 0) is 25.3 Å². The number of nitrogens with zero attached hydrogens (tertiary/aromatic N) is 3. The Balaban J connectivity index is 1.64. The molecule has 10 heteroatoms. The fraction of sp³-hybridized carbons (Fsp3) is 0.440. The molecule has 0 spiro atoms. The summed E-state index contributed by atoms with van der Waals surface area (Å²) in [6, 6.07) is 10.7. The van der Waals surface area contributed by atoms with Gasteiger partial charge < -0.3 is 9.64 Å². The van der Waals surface area contributed by atoms with Crippen LogP contribution in [0.3, 0.4) is 0 Å². The summed E-state index contributed by atoms with van der Waals surface area (Å²) in [6.45, 7) is 7.93. The number of nitrogens with one attached hydrogen (secondary N) is 1. The van der Waals surface area contributed by atoms with Gasteiger partial charge in [-0.25, -0.2) is 18.2 Å². The molecule has 2 aromatic rings. The van der Waals surface area contributed by atoms with Crippen molar-refractivity contribution in [3.8, 4) is 6.07 Å². The third kappa shape index (κ3) is 6.79. The highest BCUT2D eigenvalue weighted by atomic mass is 32.2. The lowest BCUT2D eigenvalue weighted by molar-refractivity contribution is -0.123. The van der Waals surface area contributed by atoms with Gasteiger partial charge in [0, 0.05) is 19.0 Å². The number of amides is 1. The maximum atomic E-state index is 12.7. The smallest absolute Gasteiger partial charge is 0.340 e. The molecular weight excluding hydrogens is 468 g/mol. The van der Waals surface area contributed by atoms with Crippen LogP contribution in [0.15, 0.2) is 30.3 Å². The summed E-state index contributed by atoms with van der Waals surface area (Å²) >= 11 is 0. The Hall–Kier alpha value is -3.45. The van der Waals surface area contributed by atoms with E-state index in [9.17, 15) is 23.3 Å². The van der Waals surface area contributed by atoms with E-state index in [-0.39, 0.29) is 23.0 Å². The Labute approximate surface area is 206 Å². The van der Waals surface area contributed by atoms with Gasteiger partial charge in [-0.15, -0.1) is 0 Å². The largest absolute Gasteiger partial charge is 0.459 e. The number of rotatable bonds is 7. The molecule has 1 saturated heterocycles. The van der Waals surface area contributed by atoms with Crippen LogP contribution < -0.4 is 9.62 Å². The molecule has 1 N–H and O–H groups in total. The molecule has 3 rings (SSSR count). The average Bonchev–Trinajstić information content (AvgIpc) is 2.79. The Morgan fingerprint density at radius 3 is 2.40 bits per heavy atom. The predicted molar refractivity (Wildman–Crippen MR) is 131 cm³/mol. The number of anilines is 1. The van der Waals surface area contributed by atoms with Crippen LogP contribution in [0.2, 0.25) is 0 Å². The Morgan fingerprint density at radius 1 is 1.20 bits per heavy atom. The summed E-state index contributed by atoms with van der Waals surface area (Å²) in [5.41, 5.74) is 2.57. The van der Waals surface area contributed by atoms with Crippen molar-refractivity contribution in [2.75, 3.05) is 18.0 Å². The predicted octanol–water partition coefficient (Wildman–Crippen LogP) is 3.00. The van der Waals surface area contributed by atoms with Gasteiger partial charge in [0.05, 0.1) is 28.7 Å². The van der Waals surface area contributed by atoms with E-state index in [1.54, 1.807) is 32.9 Å². The van der Waals surface area contributed by atoms with Gasteiger partial charge in [-0.3, -0.25) is 9.52 Å². The first kappa shape index (κ1) is 26.2. The zero-order chi connectivity index (χ0) is 25.8. The van der Waals surface area contributed by atoms with E-state index >= 15 is 0 Å². The van der Waals surface area contributed by atoms with Crippen molar-refractivity contribution in [1.82, 2.24) is 9.71 Å². The Bertz CT molecular complexity index is 1240.